The summed E-state index contributed by atoms with van der Waals surface area (Å²) in [5, 5.41) is 12.8. The number of aromatic nitrogens is 6. The topological polar surface area (TPSA) is 84.2 Å². The van der Waals surface area contributed by atoms with Crippen molar-refractivity contribution in [3.63, 3.8) is 0 Å². The molecule has 3 fully saturated rings. The Kier molecular flexibility index (Phi) is 5.09. The van der Waals surface area contributed by atoms with Gasteiger partial charge in [0.25, 0.3) is 0 Å². The standard InChI is InChI=1S/C29H28FN7O/c30-24-6-5-22(23-14-33-34-28(23)24)26-27(18-7-10-31-11-8-18)35-37-25(9-12-32-29(26)37)17-1-3-19(4-2-17)36-15-21-13-20(36)16-38-21/h5-12,14,17,19-21H,1-4,13,15-16H2,(H,33,34)/t17?,19?,20-,21+/m1/s1. The first-order valence-electron chi connectivity index (χ1n) is 13.5. The van der Waals surface area contributed by atoms with Crippen molar-refractivity contribution in [2.45, 2.75) is 56.2 Å². The van der Waals surface area contributed by atoms with Crippen LogP contribution >= 0.6 is 0 Å². The molecule has 0 spiro atoms. The lowest BCUT2D eigenvalue weighted by molar-refractivity contribution is 0.00262. The van der Waals surface area contributed by atoms with Crippen molar-refractivity contribution >= 4 is 16.6 Å². The van der Waals surface area contributed by atoms with E-state index in [0.717, 1.165) is 54.0 Å². The van der Waals surface area contributed by atoms with Crippen LogP contribution in [0.3, 0.4) is 0 Å². The molecule has 6 heterocycles. The predicted octanol–water partition coefficient (Wildman–Crippen LogP) is 4.97. The van der Waals surface area contributed by atoms with Crippen molar-refractivity contribution in [3.05, 3.63) is 66.6 Å². The van der Waals surface area contributed by atoms with Crippen LogP contribution < -0.4 is 0 Å². The van der Waals surface area contributed by atoms with Gasteiger partial charge >= 0.3 is 0 Å². The molecule has 2 aliphatic heterocycles. The van der Waals surface area contributed by atoms with E-state index in [9.17, 15) is 4.39 Å². The average molecular weight is 510 g/mol. The predicted molar refractivity (Wildman–Crippen MR) is 141 cm³/mol. The summed E-state index contributed by atoms with van der Waals surface area (Å²) in [6, 6.07) is 10.6. The highest BCUT2D eigenvalue weighted by atomic mass is 19.1. The Balaban J connectivity index is 1.21. The third-order valence-electron chi connectivity index (χ3n) is 8.86. The minimum atomic E-state index is -0.327. The Labute approximate surface area is 218 Å². The van der Waals surface area contributed by atoms with Crippen LogP contribution in [0.4, 0.5) is 4.39 Å². The molecule has 1 aromatic carbocycles. The van der Waals surface area contributed by atoms with Crippen molar-refractivity contribution in [1.82, 2.24) is 34.7 Å². The Bertz CT molecular complexity index is 1640. The van der Waals surface area contributed by atoms with Crippen molar-refractivity contribution in [2.24, 2.45) is 0 Å². The molecule has 38 heavy (non-hydrogen) atoms. The van der Waals surface area contributed by atoms with Gasteiger partial charge in [0.2, 0.25) is 0 Å². The highest BCUT2D eigenvalue weighted by Crippen LogP contribution is 2.42. The number of morpholine rings is 1. The highest BCUT2D eigenvalue weighted by molar-refractivity contribution is 6.02. The summed E-state index contributed by atoms with van der Waals surface area (Å²) in [4.78, 5) is 11.7. The van der Waals surface area contributed by atoms with Crippen LogP contribution in [0, 0.1) is 5.82 Å². The van der Waals surface area contributed by atoms with Crippen LogP contribution in [0.5, 0.6) is 0 Å². The summed E-state index contributed by atoms with van der Waals surface area (Å²) in [6.07, 6.45) is 13.4. The number of H-pyrrole nitrogens is 1. The van der Waals surface area contributed by atoms with Gasteiger partial charge in [0.15, 0.2) is 5.65 Å². The molecule has 2 saturated heterocycles. The Morgan fingerprint density at radius 3 is 2.63 bits per heavy atom. The number of hydrogen-bond acceptors (Lipinski definition) is 6. The number of rotatable bonds is 4. The molecular formula is C29H28FN7O. The minimum Gasteiger partial charge on any atom is -0.375 e. The maximum Gasteiger partial charge on any atom is 0.163 e. The molecule has 0 amide bonds. The van der Waals surface area contributed by atoms with Gasteiger partial charge in [0, 0.05) is 59.8 Å². The summed E-state index contributed by atoms with van der Waals surface area (Å²) < 4.78 is 22.4. The van der Waals surface area contributed by atoms with E-state index in [2.05, 4.69) is 26.1 Å². The van der Waals surface area contributed by atoms with Gasteiger partial charge in [0.05, 0.1) is 24.5 Å². The molecule has 0 unspecified atom stereocenters. The van der Waals surface area contributed by atoms with Crippen LogP contribution in [-0.4, -0.2) is 66.0 Å². The fourth-order valence-corrected chi connectivity index (χ4v) is 7.03. The number of likely N-dealkylation sites (tertiary alicyclic amines) is 1. The van der Waals surface area contributed by atoms with E-state index < -0.39 is 0 Å². The molecule has 0 radical (unpaired) electrons. The van der Waals surface area contributed by atoms with Crippen molar-refractivity contribution in [1.29, 1.82) is 0 Å². The number of aromatic amines is 1. The summed E-state index contributed by atoms with van der Waals surface area (Å²) in [6.45, 7) is 1.99. The summed E-state index contributed by atoms with van der Waals surface area (Å²) in [5.41, 5.74) is 5.85. The normalized spacial score (nSPS) is 25.6. The highest BCUT2D eigenvalue weighted by Gasteiger charge is 2.43. The molecule has 192 valence electrons. The van der Waals surface area contributed by atoms with Gasteiger partial charge in [0.1, 0.15) is 17.0 Å². The van der Waals surface area contributed by atoms with Crippen LogP contribution in [0.15, 0.2) is 55.1 Å². The molecule has 1 N–H and O–H groups in total. The summed E-state index contributed by atoms with van der Waals surface area (Å²) in [5.74, 6) is 0.0828. The number of pyridine rings is 1. The van der Waals surface area contributed by atoms with Gasteiger partial charge in [-0.1, -0.05) is 6.07 Å². The van der Waals surface area contributed by atoms with E-state index in [4.69, 9.17) is 14.8 Å². The molecule has 9 heteroatoms. The van der Waals surface area contributed by atoms with Crippen molar-refractivity contribution in [2.75, 3.05) is 13.2 Å². The third-order valence-corrected chi connectivity index (χ3v) is 8.86. The fourth-order valence-electron chi connectivity index (χ4n) is 7.03. The van der Waals surface area contributed by atoms with Crippen molar-refractivity contribution < 1.29 is 9.13 Å². The van der Waals surface area contributed by atoms with Gasteiger partial charge < -0.3 is 4.74 Å². The molecular weight excluding hydrogens is 481 g/mol. The number of nitrogens with zero attached hydrogens (tertiary/aromatic N) is 6. The average Bonchev–Trinajstić information content (AvgIpc) is 3.77. The van der Waals surface area contributed by atoms with Crippen LogP contribution in [0.25, 0.3) is 38.9 Å². The monoisotopic (exact) mass is 509 g/mol. The Hall–Kier alpha value is -3.69. The Morgan fingerprint density at radius 1 is 0.974 bits per heavy atom. The lowest BCUT2D eigenvalue weighted by Gasteiger charge is -2.39. The molecule has 2 atom stereocenters. The molecule has 8 nitrogen and oxygen atoms in total. The minimum absolute atomic E-state index is 0.327. The number of hydrogen-bond donors (Lipinski definition) is 1. The Morgan fingerprint density at radius 2 is 1.84 bits per heavy atom. The number of halogens is 1. The molecule has 3 aliphatic rings. The van der Waals surface area contributed by atoms with E-state index in [1.807, 2.05) is 28.9 Å². The van der Waals surface area contributed by atoms with E-state index in [-0.39, 0.29) is 5.82 Å². The number of nitrogens with one attached hydrogen (secondary N) is 1. The molecule has 1 saturated carbocycles. The smallest absolute Gasteiger partial charge is 0.163 e. The van der Waals surface area contributed by atoms with Gasteiger partial charge in [-0.25, -0.2) is 13.9 Å². The van der Waals surface area contributed by atoms with E-state index in [1.54, 1.807) is 18.6 Å². The van der Waals surface area contributed by atoms with E-state index in [0.29, 0.717) is 35.0 Å². The second-order valence-electron chi connectivity index (χ2n) is 10.9. The molecule has 5 aromatic rings. The van der Waals surface area contributed by atoms with Crippen LogP contribution in [0.1, 0.15) is 43.7 Å². The van der Waals surface area contributed by atoms with Gasteiger partial charge in [-0.05, 0) is 61.9 Å². The fraction of sp³-hybridized carbons (Fsp3) is 0.379. The maximum atomic E-state index is 14.6. The molecule has 8 rings (SSSR count). The van der Waals surface area contributed by atoms with Gasteiger partial charge in [-0.15, -0.1) is 0 Å². The zero-order valence-corrected chi connectivity index (χ0v) is 20.9. The first kappa shape index (κ1) is 22.3. The molecule has 4 aromatic heterocycles. The lowest BCUT2D eigenvalue weighted by Crippen LogP contribution is -2.45. The number of benzene rings is 1. The zero-order valence-electron chi connectivity index (χ0n) is 20.9. The largest absolute Gasteiger partial charge is 0.375 e. The number of fused-ring (bicyclic) bond motifs is 4. The first-order valence-corrected chi connectivity index (χ1v) is 13.5. The molecule has 2 bridgehead atoms. The van der Waals surface area contributed by atoms with Crippen LogP contribution in [0.2, 0.25) is 0 Å². The summed E-state index contributed by atoms with van der Waals surface area (Å²) in [7, 11) is 0. The SMILES string of the molecule is Fc1ccc(-c2c(-c3ccncc3)nn3c(C4CCC(N5C[C@@H]6C[C@@H]5CO6)CC4)ccnc23)c2cn[nH]c12. The van der Waals surface area contributed by atoms with Gasteiger partial charge in [-0.2, -0.15) is 10.2 Å². The lowest BCUT2D eigenvalue weighted by atomic mass is 9.83. The second-order valence-corrected chi connectivity index (χ2v) is 10.9. The molecule has 1 aliphatic carbocycles. The van der Waals surface area contributed by atoms with Gasteiger partial charge in [-0.3, -0.25) is 15.0 Å². The second kappa shape index (κ2) is 8.68. The number of ether oxygens (including phenoxy) is 1. The zero-order chi connectivity index (χ0) is 25.2. The maximum absolute atomic E-state index is 14.6. The third kappa shape index (κ3) is 3.41. The summed E-state index contributed by atoms with van der Waals surface area (Å²) >= 11 is 0. The first-order chi connectivity index (χ1) is 18.7. The van der Waals surface area contributed by atoms with E-state index >= 15 is 0 Å². The van der Waals surface area contributed by atoms with Crippen LogP contribution in [-0.2, 0) is 4.74 Å². The van der Waals surface area contributed by atoms with E-state index in [1.165, 1.54) is 31.0 Å². The van der Waals surface area contributed by atoms with Crippen molar-refractivity contribution in [3.8, 4) is 22.4 Å². The quantitative estimate of drug-likeness (QED) is 0.368.